The molecule has 128 valence electrons. The normalized spacial score (nSPS) is 15.2. The number of hydrogen-bond donors (Lipinski definition) is 0. The van der Waals surface area contributed by atoms with Crippen LogP contribution < -0.4 is 4.90 Å². The zero-order valence-electron chi connectivity index (χ0n) is 13.6. The fourth-order valence-corrected chi connectivity index (χ4v) is 3.08. The molecule has 0 N–H and O–H groups in total. The molecule has 8 heteroatoms. The van der Waals surface area contributed by atoms with E-state index in [0.717, 1.165) is 17.6 Å². The Morgan fingerprint density at radius 1 is 1.39 bits per heavy atom. The summed E-state index contributed by atoms with van der Waals surface area (Å²) in [7, 11) is -1.49. The lowest BCUT2D eigenvalue weighted by Gasteiger charge is -2.23. The van der Waals surface area contributed by atoms with Crippen LogP contribution in [0.5, 0.6) is 0 Å². The number of amides is 1. The second-order valence-corrected chi connectivity index (χ2v) is 7.92. The summed E-state index contributed by atoms with van der Waals surface area (Å²) >= 11 is 0. The standard InChI is InChI=1S/C15H23N3O4S/c1-22-10-9-17-7-8-18(14(19)5-11-23(2,20)21)12-13-4-3-6-16-15(13)17/h3-4,6H,5,7-12H2,1-2H3. The predicted octanol–water partition coefficient (Wildman–Crippen LogP) is 0.311. The van der Waals surface area contributed by atoms with Gasteiger partial charge in [0.2, 0.25) is 5.91 Å². The Morgan fingerprint density at radius 2 is 2.17 bits per heavy atom. The van der Waals surface area contributed by atoms with Crippen molar-refractivity contribution in [3.63, 3.8) is 0 Å². The van der Waals surface area contributed by atoms with Crippen LogP contribution >= 0.6 is 0 Å². The van der Waals surface area contributed by atoms with Crippen molar-refractivity contribution < 1.29 is 17.9 Å². The highest BCUT2D eigenvalue weighted by Gasteiger charge is 2.24. The highest BCUT2D eigenvalue weighted by Crippen LogP contribution is 2.22. The highest BCUT2D eigenvalue weighted by molar-refractivity contribution is 7.90. The number of pyridine rings is 1. The van der Waals surface area contributed by atoms with E-state index in [1.807, 2.05) is 12.1 Å². The molecule has 1 amide bonds. The first-order valence-electron chi connectivity index (χ1n) is 7.54. The number of sulfone groups is 1. The van der Waals surface area contributed by atoms with Crippen LogP contribution in [0.3, 0.4) is 0 Å². The van der Waals surface area contributed by atoms with Crippen molar-refractivity contribution in [2.45, 2.75) is 13.0 Å². The summed E-state index contributed by atoms with van der Waals surface area (Å²) < 4.78 is 27.6. The zero-order valence-corrected chi connectivity index (χ0v) is 14.4. The van der Waals surface area contributed by atoms with Crippen LogP contribution in [0.25, 0.3) is 0 Å². The fourth-order valence-electron chi connectivity index (χ4n) is 2.53. The highest BCUT2D eigenvalue weighted by atomic mass is 32.2. The molecule has 0 radical (unpaired) electrons. The third kappa shape index (κ3) is 5.18. The first kappa shape index (κ1) is 17.7. The maximum atomic E-state index is 12.3. The van der Waals surface area contributed by atoms with Gasteiger partial charge in [-0.15, -0.1) is 0 Å². The monoisotopic (exact) mass is 341 g/mol. The largest absolute Gasteiger partial charge is 0.383 e. The van der Waals surface area contributed by atoms with Gasteiger partial charge in [-0.3, -0.25) is 4.79 Å². The average molecular weight is 341 g/mol. The molecule has 0 atom stereocenters. The van der Waals surface area contributed by atoms with Crippen LogP contribution in [0.2, 0.25) is 0 Å². The number of aromatic nitrogens is 1. The molecule has 1 aromatic rings. The Kier molecular flexibility index (Phi) is 5.95. The third-order valence-corrected chi connectivity index (χ3v) is 4.72. The Morgan fingerprint density at radius 3 is 2.87 bits per heavy atom. The van der Waals surface area contributed by atoms with Gasteiger partial charge in [0.1, 0.15) is 15.7 Å². The van der Waals surface area contributed by atoms with Gasteiger partial charge in [-0.25, -0.2) is 13.4 Å². The van der Waals surface area contributed by atoms with Crippen LogP contribution in [0, 0.1) is 0 Å². The number of carbonyl (C=O) groups is 1. The smallest absolute Gasteiger partial charge is 0.223 e. The second-order valence-electron chi connectivity index (χ2n) is 5.66. The molecule has 2 rings (SSSR count). The average Bonchev–Trinajstić information content (AvgIpc) is 2.69. The van der Waals surface area contributed by atoms with E-state index in [1.54, 1.807) is 18.2 Å². The molecule has 0 aromatic carbocycles. The summed E-state index contributed by atoms with van der Waals surface area (Å²) in [4.78, 5) is 20.6. The number of anilines is 1. The van der Waals surface area contributed by atoms with Gasteiger partial charge in [-0.1, -0.05) is 6.07 Å². The Balaban J connectivity index is 2.11. The number of hydrogen-bond acceptors (Lipinski definition) is 6. The van der Waals surface area contributed by atoms with E-state index in [2.05, 4.69) is 9.88 Å². The lowest BCUT2D eigenvalue weighted by atomic mass is 10.2. The Labute approximate surface area is 137 Å². The molecule has 0 saturated carbocycles. The topological polar surface area (TPSA) is 79.8 Å². The van der Waals surface area contributed by atoms with Crippen molar-refractivity contribution in [1.29, 1.82) is 0 Å². The van der Waals surface area contributed by atoms with E-state index >= 15 is 0 Å². The van der Waals surface area contributed by atoms with Gasteiger partial charge in [-0.05, 0) is 6.07 Å². The summed E-state index contributed by atoms with van der Waals surface area (Å²) in [6, 6.07) is 3.79. The SMILES string of the molecule is COCCN1CCN(C(=O)CCS(C)(=O)=O)Cc2cccnc21. The number of nitrogens with zero attached hydrogens (tertiary/aromatic N) is 3. The Hall–Kier alpha value is -1.67. The number of methoxy groups -OCH3 is 1. The van der Waals surface area contributed by atoms with Crippen molar-refractivity contribution in [3.8, 4) is 0 Å². The zero-order chi connectivity index (χ0) is 16.9. The van der Waals surface area contributed by atoms with Crippen molar-refractivity contribution in [3.05, 3.63) is 23.9 Å². The van der Waals surface area contributed by atoms with Gasteiger partial charge in [0.25, 0.3) is 0 Å². The van der Waals surface area contributed by atoms with Gasteiger partial charge in [0.15, 0.2) is 0 Å². The van der Waals surface area contributed by atoms with Crippen molar-refractivity contribution in [2.75, 3.05) is 50.3 Å². The molecule has 0 bridgehead atoms. The van der Waals surface area contributed by atoms with E-state index in [4.69, 9.17) is 4.74 Å². The molecule has 0 saturated heterocycles. The molecule has 0 unspecified atom stereocenters. The van der Waals surface area contributed by atoms with Crippen LogP contribution in [-0.2, 0) is 25.9 Å². The van der Waals surface area contributed by atoms with Gasteiger partial charge in [-0.2, -0.15) is 0 Å². The van der Waals surface area contributed by atoms with E-state index in [1.165, 1.54) is 0 Å². The Bertz CT molecular complexity index is 648. The molecule has 1 aromatic heterocycles. The minimum Gasteiger partial charge on any atom is -0.383 e. The first-order valence-corrected chi connectivity index (χ1v) is 9.60. The number of fused-ring (bicyclic) bond motifs is 1. The van der Waals surface area contributed by atoms with Gasteiger partial charge in [0.05, 0.1) is 12.4 Å². The van der Waals surface area contributed by atoms with Crippen molar-refractivity contribution in [2.24, 2.45) is 0 Å². The van der Waals surface area contributed by atoms with Crippen LogP contribution in [0.15, 0.2) is 18.3 Å². The summed E-state index contributed by atoms with van der Waals surface area (Å²) in [5.41, 5.74) is 0.966. The number of ether oxygens (including phenoxy) is 1. The van der Waals surface area contributed by atoms with E-state index in [0.29, 0.717) is 32.8 Å². The van der Waals surface area contributed by atoms with Gasteiger partial charge < -0.3 is 14.5 Å². The van der Waals surface area contributed by atoms with Gasteiger partial charge >= 0.3 is 0 Å². The van der Waals surface area contributed by atoms with Gasteiger partial charge in [0, 0.05) is 57.7 Å². The van der Waals surface area contributed by atoms with E-state index in [-0.39, 0.29) is 18.1 Å². The third-order valence-electron chi connectivity index (χ3n) is 3.77. The van der Waals surface area contributed by atoms with Crippen molar-refractivity contribution in [1.82, 2.24) is 9.88 Å². The van der Waals surface area contributed by atoms with Crippen molar-refractivity contribution >= 4 is 21.6 Å². The summed E-state index contributed by atoms with van der Waals surface area (Å²) in [6.07, 6.45) is 2.90. The van der Waals surface area contributed by atoms with Crippen LogP contribution in [0.1, 0.15) is 12.0 Å². The number of carbonyl (C=O) groups excluding carboxylic acids is 1. The minimum absolute atomic E-state index is 0.0203. The van der Waals surface area contributed by atoms with Crippen LogP contribution in [-0.4, -0.2) is 69.6 Å². The molecule has 0 spiro atoms. The number of rotatable bonds is 6. The predicted molar refractivity (Wildman–Crippen MR) is 88.1 cm³/mol. The molecule has 2 heterocycles. The maximum Gasteiger partial charge on any atom is 0.223 e. The molecule has 0 fully saturated rings. The maximum absolute atomic E-state index is 12.3. The molecule has 7 nitrogen and oxygen atoms in total. The summed E-state index contributed by atoms with van der Waals surface area (Å²) in [6.45, 7) is 2.93. The van der Waals surface area contributed by atoms with Crippen LogP contribution in [0.4, 0.5) is 5.82 Å². The lowest BCUT2D eigenvalue weighted by molar-refractivity contribution is -0.131. The molecular weight excluding hydrogens is 318 g/mol. The fraction of sp³-hybridized carbons (Fsp3) is 0.600. The quantitative estimate of drug-likeness (QED) is 0.741. The molecule has 23 heavy (non-hydrogen) atoms. The molecule has 0 aliphatic carbocycles. The molecule has 1 aliphatic heterocycles. The van der Waals surface area contributed by atoms with E-state index in [9.17, 15) is 13.2 Å². The minimum atomic E-state index is -3.14. The summed E-state index contributed by atoms with van der Waals surface area (Å²) in [5.74, 6) is 0.608. The molecule has 1 aliphatic rings. The van der Waals surface area contributed by atoms with E-state index < -0.39 is 9.84 Å². The summed E-state index contributed by atoms with van der Waals surface area (Å²) in [5, 5.41) is 0. The lowest BCUT2D eigenvalue weighted by Crippen LogP contribution is -2.37. The molecular formula is C15H23N3O4S. The second kappa shape index (κ2) is 7.74. The first-order chi connectivity index (χ1) is 10.9.